The minimum Gasteiger partial charge on any atom is -0.381 e. The van der Waals surface area contributed by atoms with Gasteiger partial charge in [-0.15, -0.1) is 11.6 Å². The number of rotatable bonds is 6. The standard InChI is InChI=1S/C14H26ClNO/c1-17-14-8-3-7-13(11-14)16(10-4-9-15)12-5-2-6-12/h12-14H,2-11H2,1H3. The molecule has 0 saturated heterocycles. The Morgan fingerprint density at radius 3 is 2.41 bits per heavy atom. The molecule has 0 spiro atoms. The van der Waals surface area contributed by atoms with Gasteiger partial charge in [-0.3, -0.25) is 4.90 Å². The van der Waals surface area contributed by atoms with Gasteiger partial charge in [0.15, 0.2) is 0 Å². The van der Waals surface area contributed by atoms with Gasteiger partial charge in [-0.2, -0.15) is 0 Å². The van der Waals surface area contributed by atoms with E-state index in [-0.39, 0.29) is 0 Å². The molecule has 2 fully saturated rings. The molecule has 2 nitrogen and oxygen atoms in total. The second kappa shape index (κ2) is 6.96. The molecule has 2 rings (SSSR count). The van der Waals surface area contributed by atoms with Crippen molar-refractivity contribution in [1.82, 2.24) is 4.90 Å². The van der Waals surface area contributed by atoms with Crippen LogP contribution in [0.2, 0.25) is 0 Å². The lowest BCUT2D eigenvalue weighted by molar-refractivity contribution is -0.000509. The maximum atomic E-state index is 5.86. The first-order chi connectivity index (χ1) is 8.35. The highest BCUT2D eigenvalue weighted by Crippen LogP contribution is 2.32. The maximum absolute atomic E-state index is 5.86. The van der Waals surface area contributed by atoms with Gasteiger partial charge in [-0.25, -0.2) is 0 Å². The predicted octanol–water partition coefficient (Wildman–Crippen LogP) is 3.43. The van der Waals surface area contributed by atoms with Crippen LogP contribution in [0, 0.1) is 0 Å². The molecule has 2 atom stereocenters. The number of hydrogen-bond acceptors (Lipinski definition) is 2. The molecule has 0 amide bonds. The number of alkyl halides is 1. The molecule has 0 heterocycles. The SMILES string of the molecule is COC1CCCC(N(CCCCl)C2CCC2)C1. The normalized spacial score (nSPS) is 30.5. The second-order valence-electron chi connectivity index (χ2n) is 5.54. The van der Waals surface area contributed by atoms with E-state index in [9.17, 15) is 0 Å². The van der Waals surface area contributed by atoms with Gasteiger partial charge < -0.3 is 4.74 Å². The van der Waals surface area contributed by atoms with Crippen LogP contribution in [0.5, 0.6) is 0 Å². The fourth-order valence-corrected chi connectivity index (χ4v) is 3.38. The highest BCUT2D eigenvalue weighted by molar-refractivity contribution is 6.17. The molecule has 100 valence electrons. The molecule has 0 aromatic rings. The zero-order valence-electron chi connectivity index (χ0n) is 11.0. The third kappa shape index (κ3) is 3.59. The topological polar surface area (TPSA) is 12.5 Å². The Balaban J connectivity index is 1.88. The van der Waals surface area contributed by atoms with Crippen LogP contribution in [0.1, 0.15) is 51.4 Å². The monoisotopic (exact) mass is 259 g/mol. The summed E-state index contributed by atoms with van der Waals surface area (Å²) in [7, 11) is 1.86. The fraction of sp³-hybridized carbons (Fsp3) is 1.00. The zero-order valence-corrected chi connectivity index (χ0v) is 11.8. The molecule has 0 aromatic carbocycles. The summed E-state index contributed by atoms with van der Waals surface area (Å²) in [6.45, 7) is 1.19. The van der Waals surface area contributed by atoms with Crippen LogP contribution in [-0.2, 0) is 4.74 Å². The Morgan fingerprint density at radius 1 is 1.12 bits per heavy atom. The predicted molar refractivity (Wildman–Crippen MR) is 72.7 cm³/mol. The number of halogens is 1. The Labute approximate surface area is 111 Å². The Kier molecular flexibility index (Phi) is 5.58. The third-order valence-corrected chi connectivity index (χ3v) is 4.76. The van der Waals surface area contributed by atoms with Crippen molar-refractivity contribution in [2.45, 2.75) is 69.6 Å². The highest BCUT2D eigenvalue weighted by Gasteiger charge is 2.33. The van der Waals surface area contributed by atoms with Crippen LogP contribution in [0.15, 0.2) is 0 Å². The molecule has 17 heavy (non-hydrogen) atoms. The number of methoxy groups -OCH3 is 1. The first kappa shape index (κ1) is 13.6. The van der Waals surface area contributed by atoms with Crippen LogP contribution in [0.3, 0.4) is 0 Å². The number of hydrogen-bond donors (Lipinski definition) is 0. The summed E-state index contributed by atoms with van der Waals surface area (Å²) in [4.78, 5) is 2.75. The molecule has 3 heteroatoms. The first-order valence-corrected chi connectivity index (χ1v) is 7.73. The summed E-state index contributed by atoms with van der Waals surface area (Å²) in [6, 6.07) is 1.60. The molecule has 2 aliphatic carbocycles. The van der Waals surface area contributed by atoms with E-state index >= 15 is 0 Å². The van der Waals surface area contributed by atoms with Gasteiger partial charge in [0.2, 0.25) is 0 Å². The van der Waals surface area contributed by atoms with Crippen molar-refractivity contribution in [2.24, 2.45) is 0 Å². The van der Waals surface area contributed by atoms with Gasteiger partial charge >= 0.3 is 0 Å². The zero-order chi connectivity index (χ0) is 12.1. The fourth-order valence-electron chi connectivity index (χ4n) is 3.26. The van der Waals surface area contributed by atoms with E-state index in [1.54, 1.807) is 0 Å². The van der Waals surface area contributed by atoms with Gasteiger partial charge in [0.05, 0.1) is 6.10 Å². The summed E-state index contributed by atoms with van der Waals surface area (Å²) >= 11 is 5.86. The molecular weight excluding hydrogens is 234 g/mol. The van der Waals surface area contributed by atoms with Gasteiger partial charge in [0.25, 0.3) is 0 Å². The quantitative estimate of drug-likeness (QED) is 0.678. The highest BCUT2D eigenvalue weighted by atomic mass is 35.5. The van der Waals surface area contributed by atoms with E-state index in [0.29, 0.717) is 6.10 Å². The summed E-state index contributed by atoms with van der Waals surface area (Å²) < 4.78 is 5.55. The molecule has 0 radical (unpaired) electrons. The summed E-state index contributed by atoms with van der Waals surface area (Å²) in [6.07, 6.45) is 11.0. The van der Waals surface area contributed by atoms with Crippen LogP contribution in [0.4, 0.5) is 0 Å². The number of ether oxygens (including phenoxy) is 1. The first-order valence-electron chi connectivity index (χ1n) is 7.19. The summed E-state index contributed by atoms with van der Waals surface area (Å²) in [5.41, 5.74) is 0. The minimum absolute atomic E-state index is 0.493. The molecule has 2 unspecified atom stereocenters. The van der Waals surface area contributed by atoms with Crippen molar-refractivity contribution < 1.29 is 4.74 Å². The largest absolute Gasteiger partial charge is 0.381 e. The van der Waals surface area contributed by atoms with Gasteiger partial charge in [-0.05, 0) is 51.5 Å². The Morgan fingerprint density at radius 2 is 1.82 bits per heavy atom. The lowest BCUT2D eigenvalue weighted by Crippen LogP contribution is -2.49. The minimum atomic E-state index is 0.493. The molecule has 2 aliphatic rings. The summed E-state index contributed by atoms with van der Waals surface area (Å²) in [5.74, 6) is 0.795. The lowest BCUT2D eigenvalue weighted by atomic mass is 9.85. The second-order valence-corrected chi connectivity index (χ2v) is 5.92. The van der Waals surface area contributed by atoms with Crippen molar-refractivity contribution in [3.63, 3.8) is 0 Å². The van der Waals surface area contributed by atoms with E-state index in [1.807, 2.05) is 7.11 Å². The smallest absolute Gasteiger partial charge is 0.0586 e. The number of nitrogens with zero attached hydrogens (tertiary/aromatic N) is 1. The average Bonchev–Trinajstić information content (AvgIpc) is 2.32. The van der Waals surface area contributed by atoms with Crippen LogP contribution in [0.25, 0.3) is 0 Å². The Bertz CT molecular complexity index is 220. The third-order valence-electron chi connectivity index (χ3n) is 4.49. The van der Waals surface area contributed by atoms with Crippen molar-refractivity contribution in [1.29, 1.82) is 0 Å². The molecule has 0 aliphatic heterocycles. The molecule has 0 bridgehead atoms. The van der Waals surface area contributed by atoms with Crippen molar-refractivity contribution in [3.8, 4) is 0 Å². The van der Waals surface area contributed by atoms with Crippen LogP contribution in [-0.4, -0.2) is 42.6 Å². The van der Waals surface area contributed by atoms with Crippen molar-refractivity contribution in [3.05, 3.63) is 0 Å². The van der Waals surface area contributed by atoms with Crippen LogP contribution >= 0.6 is 11.6 Å². The molecule has 0 aromatic heterocycles. The van der Waals surface area contributed by atoms with Crippen LogP contribution < -0.4 is 0 Å². The van der Waals surface area contributed by atoms with Crippen molar-refractivity contribution >= 4 is 11.6 Å². The summed E-state index contributed by atoms with van der Waals surface area (Å²) in [5, 5.41) is 0. The Hall–Kier alpha value is 0.210. The van der Waals surface area contributed by atoms with E-state index in [4.69, 9.17) is 16.3 Å². The van der Waals surface area contributed by atoms with E-state index < -0.39 is 0 Å². The molecule has 0 N–H and O–H groups in total. The van der Waals surface area contributed by atoms with Gasteiger partial charge in [0.1, 0.15) is 0 Å². The van der Waals surface area contributed by atoms with Gasteiger partial charge in [0, 0.05) is 25.1 Å². The van der Waals surface area contributed by atoms with Crippen molar-refractivity contribution in [2.75, 3.05) is 19.5 Å². The average molecular weight is 260 g/mol. The lowest BCUT2D eigenvalue weighted by Gasteiger charge is -2.45. The molecular formula is C14H26ClNO. The van der Waals surface area contributed by atoms with E-state index in [1.165, 1.54) is 51.5 Å². The van der Waals surface area contributed by atoms with E-state index in [0.717, 1.165) is 24.4 Å². The van der Waals surface area contributed by atoms with Gasteiger partial charge in [-0.1, -0.05) is 6.42 Å². The molecule has 2 saturated carbocycles. The maximum Gasteiger partial charge on any atom is 0.0586 e. The van der Waals surface area contributed by atoms with E-state index in [2.05, 4.69) is 4.90 Å².